The minimum absolute atomic E-state index is 0.00430. The summed E-state index contributed by atoms with van der Waals surface area (Å²) >= 11 is 5.69. The zero-order chi connectivity index (χ0) is 22.9. The SMILES string of the molecule is COc1cc2c(Nc3ccc(F)c(Cl)c3F)ncnc2cc1OCC1CN2CCCC2CO1. The van der Waals surface area contributed by atoms with Crippen molar-refractivity contribution in [2.45, 2.75) is 25.0 Å². The zero-order valence-corrected chi connectivity index (χ0v) is 18.7. The van der Waals surface area contributed by atoms with Gasteiger partial charge in [0, 0.05) is 24.0 Å². The fourth-order valence-corrected chi connectivity index (χ4v) is 4.52. The van der Waals surface area contributed by atoms with E-state index in [4.69, 9.17) is 25.8 Å². The van der Waals surface area contributed by atoms with Crippen LogP contribution in [0.2, 0.25) is 5.02 Å². The molecular weight excluding hydrogens is 454 g/mol. The monoisotopic (exact) mass is 476 g/mol. The number of halogens is 3. The molecule has 2 aliphatic rings. The maximum absolute atomic E-state index is 14.4. The number of anilines is 2. The fourth-order valence-electron chi connectivity index (χ4n) is 4.36. The quantitative estimate of drug-likeness (QED) is 0.523. The second-order valence-electron chi connectivity index (χ2n) is 8.15. The number of methoxy groups -OCH3 is 1. The van der Waals surface area contributed by atoms with Gasteiger partial charge in [0.2, 0.25) is 0 Å². The Morgan fingerprint density at radius 3 is 2.97 bits per heavy atom. The average Bonchev–Trinajstić information content (AvgIpc) is 3.30. The number of benzene rings is 2. The molecule has 7 nitrogen and oxygen atoms in total. The first-order valence-electron chi connectivity index (χ1n) is 10.7. The number of ether oxygens (including phenoxy) is 3. The second kappa shape index (κ2) is 9.24. The number of rotatable bonds is 6. The summed E-state index contributed by atoms with van der Waals surface area (Å²) in [4.78, 5) is 11.0. The predicted molar refractivity (Wildman–Crippen MR) is 121 cm³/mol. The summed E-state index contributed by atoms with van der Waals surface area (Å²) in [5.41, 5.74) is 0.566. The molecule has 10 heteroatoms. The van der Waals surface area contributed by atoms with Crippen LogP contribution < -0.4 is 14.8 Å². The van der Waals surface area contributed by atoms with Crippen LogP contribution in [0.1, 0.15) is 12.8 Å². The summed E-state index contributed by atoms with van der Waals surface area (Å²) in [6.45, 7) is 3.08. The van der Waals surface area contributed by atoms with Crippen molar-refractivity contribution in [3.63, 3.8) is 0 Å². The molecule has 0 spiro atoms. The molecule has 2 saturated heterocycles. The molecule has 3 heterocycles. The van der Waals surface area contributed by atoms with Crippen LogP contribution in [-0.2, 0) is 4.74 Å². The summed E-state index contributed by atoms with van der Waals surface area (Å²) < 4.78 is 45.4. The summed E-state index contributed by atoms with van der Waals surface area (Å²) in [6.07, 6.45) is 3.73. The van der Waals surface area contributed by atoms with E-state index in [1.54, 1.807) is 12.1 Å². The van der Waals surface area contributed by atoms with Crippen LogP contribution in [0.15, 0.2) is 30.6 Å². The summed E-state index contributed by atoms with van der Waals surface area (Å²) in [5, 5.41) is 2.85. The van der Waals surface area contributed by atoms with Crippen LogP contribution in [0.3, 0.4) is 0 Å². The third kappa shape index (κ3) is 4.40. The summed E-state index contributed by atoms with van der Waals surface area (Å²) in [6, 6.07) is 6.33. The Kier molecular flexibility index (Phi) is 6.18. The van der Waals surface area contributed by atoms with E-state index >= 15 is 0 Å². The van der Waals surface area contributed by atoms with Crippen LogP contribution >= 0.6 is 11.6 Å². The fraction of sp³-hybridized carbons (Fsp3) is 0.391. The molecule has 0 radical (unpaired) electrons. The first-order chi connectivity index (χ1) is 16.0. The van der Waals surface area contributed by atoms with Gasteiger partial charge in [-0.1, -0.05) is 11.6 Å². The van der Waals surface area contributed by atoms with Crippen molar-refractivity contribution in [1.29, 1.82) is 0 Å². The van der Waals surface area contributed by atoms with Gasteiger partial charge in [-0.15, -0.1) is 0 Å². The molecule has 5 rings (SSSR count). The van der Waals surface area contributed by atoms with Crippen molar-refractivity contribution in [2.75, 3.05) is 38.7 Å². The smallest absolute Gasteiger partial charge is 0.168 e. The molecule has 2 unspecified atom stereocenters. The molecular formula is C23H23ClF2N4O3. The van der Waals surface area contributed by atoms with Crippen LogP contribution in [0, 0.1) is 11.6 Å². The average molecular weight is 477 g/mol. The Morgan fingerprint density at radius 1 is 1.24 bits per heavy atom. The molecule has 0 aliphatic carbocycles. The molecule has 2 aromatic carbocycles. The molecule has 33 heavy (non-hydrogen) atoms. The van der Waals surface area contributed by atoms with Crippen LogP contribution in [0.5, 0.6) is 11.5 Å². The number of nitrogens with zero attached hydrogens (tertiary/aromatic N) is 3. The van der Waals surface area contributed by atoms with Gasteiger partial charge in [-0.05, 0) is 37.6 Å². The van der Waals surface area contributed by atoms with Gasteiger partial charge >= 0.3 is 0 Å². The lowest BCUT2D eigenvalue weighted by Crippen LogP contribution is -2.48. The highest BCUT2D eigenvalue weighted by molar-refractivity contribution is 6.31. The van der Waals surface area contributed by atoms with Gasteiger partial charge in [-0.25, -0.2) is 18.7 Å². The van der Waals surface area contributed by atoms with Crippen molar-refractivity contribution in [1.82, 2.24) is 14.9 Å². The Bertz CT molecular complexity index is 1180. The molecule has 1 aromatic heterocycles. The molecule has 2 fully saturated rings. The number of hydrogen-bond acceptors (Lipinski definition) is 7. The molecule has 174 valence electrons. The zero-order valence-electron chi connectivity index (χ0n) is 18.0. The Balaban J connectivity index is 1.37. The van der Waals surface area contributed by atoms with Crippen molar-refractivity contribution in [3.8, 4) is 11.5 Å². The van der Waals surface area contributed by atoms with Gasteiger partial charge in [0.25, 0.3) is 0 Å². The Morgan fingerprint density at radius 2 is 2.12 bits per heavy atom. The lowest BCUT2D eigenvalue weighted by atomic mass is 10.2. The molecule has 2 atom stereocenters. The molecule has 2 aliphatic heterocycles. The largest absolute Gasteiger partial charge is 0.493 e. The van der Waals surface area contributed by atoms with E-state index in [0.717, 1.165) is 25.8 Å². The minimum Gasteiger partial charge on any atom is -0.493 e. The van der Waals surface area contributed by atoms with E-state index in [1.165, 1.54) is 32.3 Å². The maximum atomic E-state index is 14.4. The standard InChI is InChI=1S/C23H23ClF2N4O3/c1-31-19-7-15-18(8-20(19)33-11-14-9-30-6-2-3-13(30)10-32-14)27-12-28-23(15)29-17-5-4-16(25)21(24)22(17)26/h4-5,7-8,12-14H,2-3,6,9-11H2,1H3,(H,27,28,29). The lowest BCUT2D eigenvalue weighted by molar-refractivity contribution is -0.0655. The van der Waals surface area contributed by atoms with E-state index in [1.807, 2.05) is 0 Å². The number of fused-ring (bicyclic) bond motifs is 2. The van der Waals surface area contributed by atoms with E-state index in [-0.39, 0.29) is 11.8 Å². The summed E-state index contributed by atoms with van der Waals surface area (Å²) in [5.74, 6) is -0.409. The highest BCUT2D eigenvalue weighted by atomic mass is 35.5. The number of nitrogens with one attached hydrogen (secondary N) is 1. The van der Waals surface area contributed by atoms with Gasteiger partial charge < -0.3 is 19.5 Å². The van der Waals surface area contributed by atoms with Crippen LogP contribution in [0.25, 0.3) is 10.9 Å². The third-order valence-electron chi connectivity index (χ3n) is 6.10. The normalized spacial score (nSPS) is 20.6. The minimum atomic E-state index is -0.900. The van der Waals surface area contributed by atoms with Gasteiger partial charge in [-0.2, -0.15) is 0 Å². The van der Waals surface area contributed by atoms with Crippen LogP contribution in [-0.4, -0.2) is 60.4 Å². The highest BCUT2D eigenvalue weighted by Gasteiger charge is 2.32. The van der Waals surface area contributed by atoms with Crippen molar-refractivity contribution in [3.05, 3.63) is 47.2 Å². The van der Waals surface area contributed by atoms with Crippen molar-refractivity contribution in [2.24, 2.45) is 0 Å². The van der Waals surface area contributed by atoms with Gasteiger partial charge in [-0.3, -0.25) is 4.90 Å². The lowest BCUT2D eigenvalue weighted by Gasteiger charge is -2.35. The number of morpholine rings is 1. The third-order valence-corrected chi connectivity index (χ3v) is 6.44. The first kappa shape index (κ1) is 22.1. The van der Waals surface area contributed by atoms with E-state index in [2.05, 4.69) is 20.2 Å². The molecule has 3 aromatic rings. The van der Waals surface area contributed by atoms with E-state index < -0.39 is 16.7 Å². The van der Waals surface area contributed by atoms with Gasteiger partial charge in [0.15, 0.2) is 17.3 Å². The van der Waals surface area contributed by atoms with Gasteiger partial charge in [0.1, 0.15) is 35.7 Å². The topological polar surface area (TPSA) is 68.7 Å². The highest BCUT2D eigenvalue weighted by Crippen LogP contribution is 2.36. The second-order valence-corrected chi connectivity index (χ2v) is 8.53. The Hall–Kier alpha value is -2.75. The number of aromatic nitrogens is 2. The molecule has 1 N–H and O–H groups in total. The van der Waals surface area contributed by atoms with E-state index in [0.29, 0.717) is 40.9 Å². The molecule has 0 saturated carbocycles. The summed E-state index contributed by atoms with van der Waals surface area (Å²) in [7, 11) is 1.54. The van der Waals surface area contributed by atoms with Gasteiger partial charge in [0.05, 0.1) is 24.9 Å². The number of hydrogen-bond donors (Lipinski definition) is 1. The van der Waals surface area contributed by atoms with E-state index in [9.17, 15) is 8.78 Å². The van der Waals surface area contributed by atoms with Crippen molar-refractivity contribution < 1.29 is 23.0 Å². The first-order valence-corrected chi connectivity index (χ1v) is 11.1. The Labute approximate surface area is 194 Å². The van der Waals surface area contributed by atoms with Crippen molar-refractivity contribution >= 4 is 34.0 Å². The predicted octanol–water partition coefficient (Wildman–Crippen LogP) is 4.56. The molecule has 0 bridgehead atoms. The maximum Gasteiger partial charge on any atom is 0.168 e. The molecule has 0 amide bonds. The van der Waals surface area contributed by atoms with Crippen LogP contribution in [0.4, 0.5) is 20.3 Å².